The summed E-state index contributed by atoms with van der Waals surface area (Å²) in [4.78, 5) is 46.1. The first-order valence-electron chi connectivity index (χ1n) is 15.1. The summed E-state index contributed by atoms with van der Waals surface area (Å²) in [5.41, 5.74) is 0. The molecule has 0 aromatic heterocycles. The van der Waals surface area contributed by atoms with Gasteiger partial charge in [-0.15, -0.1) is 24.9 Å². The van der Waals surface area contributed by atoms with Crippen LogP contribution in [-0.4, -0.2) is 80.6 Å². The Labute approximate surface area is 238 Å². The van der Waals surface area contributed by atoms with Crippen molar-refractivity contribution in [2.24, 2.45) is 17.8 Å². The van der Waals surface area contributed by atoms with Crippen molar-refractivity contribution in [1.29, 1.82) is 0 Å². The number of aliphatic hydroxyl groups excluding tert-OH is 1. The van der Waals surface area contributed by atoms with Crippen LogP contribution < -0.4 is 0 Å². The van der Waals surface area contributed by atoms with Gasteiger partial charge in [0.05, 0.1) is 35.8 Å². The van der Waals surface area contributed by atoms with Crippen LogP contribution in [0.3, 0.4) is 0 Å². The Hall–Kier alpha value is -1.80. The van der Waals surface area contributed by atoms with Gasteiger partial charge in [0.25, 0.3) is 0 Å². The number of unbranched alkanes of at least 4 members (excludes halogenated alkanes) is 2. The Bertz CT molecular complexity index is 919. The van der Waals surface area contributed by atoms with Crippen molar-refractivity contribution >= 4 is 29.5 Å². The number of hydrogen-bond acceptors (Lipinski definition) is 6. The van der Waals surface area contributed by atoms with Gasteiger partial charge in [0.1, 0.15) is 6.04 Å². The summed E-state index contributed by atoms with van der Waals surface area (Å²) in [6.07, 6.45) is 13.6. The van der Waals surface area contributed by atoms with E-state index in [2.05, 4.69) is 27.0 Å². The molecule has 0 aromatic rings. The fraction of sp³-hybridized carbons (Fsp3) is 0.774. The molecule has 1 N–H and O–H groups in total. The van der Waals surface area contributed by atoms with Crippen molar-refractivity contribution in [2.75, 3.05) is 19.8 Å². The molecule has 2 amide bonds. The molecule has 4 fully saturated rings. The Kier molecular flexibility index (Phi) is 10.2. The highest BCUT2D eigenvalue weighted by molar-refractivity contribution is 8.02. The molecule has 1 spiro atoms. The molecule has 0 radical (unpaired) electrons. The predicted molar refractivity (Wildman–Crippen MR) is 155 cm³/mol. The van der Waals surface area contributed by atoms with Gasteiger partial charge in [-0.25, -0.2) is 0 Å². The van der Waals surface area contributed by atoms with E-state index in [1.807, 2.05) is 11.0 Å². The molecule has 1 aliphatic carbocycles. The maximum atomic E-state index is 14.6. The predicted octanol–water partition coefficient (Wildman–Crippen LogP) is 4.73. The third-order valence-electron chi connectivity index (χ3n) is 9.26. The Morgan fingerprint density at radius 1 is 1.18 bits per heavy atom. The Balaban J connectivity index is 1.67. The molecule has 218 valence electrons. The van der Waals surface area contributed by atoms with Gasteiger partial charge in [0, 0.05) is 17.8 Å². The van der Waals surface area contributed by atoms with Crippen LogP contribution >= 0.6 is 11.8 Å². The van der Waals surface area contributed by atoms with E-state index >= 15 is 0 Å². The van der Waals surface area contributed by atoms with Gasteiger partial charge in [-0.2, -0.15) is 0 Å². The second-order valence-corrected chi connectivity index (χ2v) is 13.9. The smallest absolute Gasteiger partial charge is 0.310 e. The average molecular weight is 561 g/mol. The summed E-state index contributed by atoms with van der Waals surface area (Å²) in [5, 5.41) is 10.5. The summed E-state index contributed by atoms with van der Waals surface area (Å²) in [5.74, 6) is -1.39. The molecule has 39 heavy (non-hydrogen) atoms. The number of carbonyl (C=O) groups excluding carboxylic acids is 3. The summed E-state index contributed by atoms with van der Waals surface area (Å²) >= 11 is 1.67. The molecule has 3 saturated heterocycles. The number of amides is 2. The molecule has 0 aromatic carbocycles. The standard InChI is InChI=1S/C31H48N2O5S/c1-5-7-8-12-18-38-30(37)25-24-15-16-31(39-24)26(25)28(35)33(23(20-34)19-21(3)4)27(31)29(36)32(17-6-2)22-13-10-9-11-14-22/h5-6,21-27,34H,1-2,7-20H2,3-4H3/t23-,24-,25+,26+,27?,31?/m1/s1. The van der Waals surface area contributed by atoms with E-state index in [0.717, 1.165) is 57.8 Å². The number of likely N-dealkylation sites (tertiary alicyclic amines) is 1. The molecule has 3 aliphatic heterocycles. The molecule has 8 heteroatoms. The van der Waals surface area contributed by atoms with Crippen molar-refractivity contribution in [3.05, 3.63) is 25.3 Å². The molecule has 2 bridgehead atoms. The largest absolute Gasteiger partial charge is 0.465 e. The lowest BCUT2D eigenvalue weighted by atomic mass is 9.71. The van der Waals surface area contributed by atoms with Crippen LogP contribution in [-0.2, 0) is 19.1 Å². The number of carbonyl (C=O) groups is 3. The summed E-state index contributed by atoms with van der Waals surface area (Å²) in [7, 11) is 0. The van der Waals surface area contributed by atoms with Gasteiger partial charge in [-0.05, 0) is 57.3 Å². The third-order valence-corrected chi connectivity index (χ3v) is 11.2. The lowest BCUT2D eigenvalue weighted by Gasteiger charge is -2.42. The summed E-state index contributed by atoms with van der Waals surface area (Å²) < 4.78 is 5.06. The number of hydrogen-bond donors (Lipinski definition) is 1. The Morgan fingerprint density at radius 2 is 1.92 bits per heavy atom. The topological polar surface area (TPSA) is 87.1 Å². The van der Waals surface area contributed by atoms with Crippen LogP contribution in [0.2, 0.25) is 0 Å². The number of ether oxygens (including phenoxy) is 1. The lowest BCUT2D eigenvalue weighted by Crippen LogP contribution is -2.59. The van der Waals surface area contributed by atoms with Crippen molar-refractivity contribution in [3.63, 3.8) is 0 Å². The van der Waals surface area contributed by atoms with Crippen LogP contribution in [0.1, 0.15) is 84.5 Å². The number of nitrogens with zero attached hydrogens (tertiary/aromatic N) is 2. The van der Waals surface area contributed by atoms with E-state index in [9.17, 15) is 19.5 Å². The van der Waals surface area contributed by atoms with E-state index in [0.29, 0.717) is 19.6 Å². The highest BCUT2D eigenvalue weighted by Gasteiger charge is 2.75. The molecule has 7 nitrogen and oxygen atoms in total. The van der Waals surface area contributed by atoms with Crippen molar-refractivity contribution in [1.82, 2.24) is 9.80 Å². The van der Waals surface area contributed by atoms with E-state index in [1.165, 1.54) is 6.42 Å². The zero-order chi connectivity index (χ0) is 28.2. The molecule has 4 aliphatic rings. The number of allylic oxidation sites excluding steroid dienone is 1. The van der Waals surface area contributed by atoms with Crippen LogP contribution in [0.4, 0.5) is 0 Å². The van der Waals surface area contributed by atoms with Crippen LogP contribution in [0.15, 0.2) is 25.3 Å². The first-order chi connectivity index (χ1) is 18.8. The summed E-state index contributed by atoms with van der Waals surface area (Å²) in [6, 6.07) is -1.01. The van der Waals surface area contributed by atoms with Crippen LogP contribution in [0.5, 0.6) is 0 Å². The monoisotopic (exact) mass is 560 g/mol. The minimum Gasteiger partial charge on any atom is -0.465 e. The number of rotatable bonds is 14. The number of thioether (sulfide) groups is 1. The quantitative estimate of drug-likeness (QED) is 0.188. The second-order valence-electron chi connectivity index (χ2n) is 12.3. The molecule has 4 rings (SSSR count). The zero-order valence-electron chi connectivity index (χ0n) is 23.9. The molecule has 3 heterocycles. The van der Waals surface area contributed by atoms with E-state index < -0.39 is 28.7 Å². The second kappa shape index (κ2) is 13.2. The van der Waals surface area contributed by atoms with E-state index in [1.54, 1.807) is 22.7 Å². The van der Waals surface area contributed by atoms with Gasteiger partial charge >= 0.3 is 5.97 Å². The third kappa shape index (κ3) is 5.83. The van der Waals surface area contributed by atoms with Gasteiger partial charge in [0.15, 0.2) is 0 Å². The van der Waals surface area contributed by atoms with Crippen molar-refractivity contribution in [3.8, 4) is 0 Å². The van der Waals surface area contributed by atoms with Gasteiger partial charge in [-0.3, -0.25) is 14.4 Å². The zero-order valence-corrected chi connectivity index (χ0v) is 24.7. The minimum atomic E-state index is -0.687. The molecule has 6 atom stereocenters. The molecule has 2 unspecified atom stereocenters. The summed E-state index contributed by atoms with van der Waals surface area (Å²) in [6.45, 7) is 12.4. The van der Waals surface area contributed by atoms with Gasteiger partial charge in [-0.1, -0.05) is 45.3 Å². The normalized spacial score (nSPS) is 30.9. The first kappa shape index (κ1) is 30.2. The first-order valence-corrected chi connectivity index (χ1v) is 16.0. The highest BCUT2D eigenvalue weighted by atomic mass is 32.2. The fourth-order valence-corrected chi connectivity index (χ4v) is 9.81. The van der Waals surface area contributed by atoms with E-state index in [-0.39, 0.29) is 41.6 Å². The molecule has 1 saturated carbocycles. The van der Waals surface area contributed by atoms with Crippen LogP contribution in [0.25, 0.3) is 0 Å². The maximum Gasteiger partial charge on any atom is 0.310 e. The van der Waals surface area contributed by atoms with E-state index in [4.69, 9.17) is 4.74 Å². The lowest BCUT2D eigenvalue weighted by molar-refractivity contribution is -0.154. The van der Waals surface area contributed by atoms with Crippen molar-refractivity contribution in [2.45, 2.75) is 113 Å². The number of fused-ring (bicyclic) bond motifs is 1. The number of esters is 1. The average Bonchev–Trinajstić information content (AvgIpc) is 3.57. The molecular formula is C31H48N2O5S. The highest BCUT2D eigenvalue weighted by Crippen LogP contribution is 2.67. The fourth-order valence-electron chi connectivity index (χ4n) is 7.62. The SMILES string of the molecule is C=CCCCCOC(=O)[C@@H]1[C@H]2C(=O)N([C@@H](CO)CC(C)C)C(C(=O)N(CC=C)C3CCCCC3)C23CC[C@H]1S3. The Morgan fingerprint density at radius 3 is 2.56 bits per heavy atom. The molecular weight excluding hydrogens is 512 g/mol. The maximum absolute atomic E-state index is 14.6. The minimum absolute atomic E-state index is 0.0164. The number of aliphatic hydroxyl groups is 1. The van der Waals surface area contributed by atoms with Crippen LogP contribution in [0, 0.1) is 17.8 Å². The van der Waals surface area contributed by atoms with Gasteiger partial charge < -0.3 is 19.6 Å². The van der Waals surface area contributed by atoms with Gasteiger partial charge in [0.2, 0.25) is 11.8 Å². The van der Waals surface area contributed by atoms with Crippen molar-refractivity contribution < 1.29 is 24.2 Å².